The van der Waals surface area contributed by atoms with E-state index in [9.17, 15) is 5.11 Å². The minimum atomic E-state index is 0.356. The number of rotatable bonds is 4. The maximum Gasteiger partial charge on any atom is 0.0894 e. The first-order chi connectivity index (χ1) is 15.4. The van der Waals surface area contributed by atoms with Crippen molar-refractivity contribution >= 4 is 37.5 Å². The predicted octanol–water partition coefficient (Wildman–Crippen LogP) is 8.33. The van der Waals surface area contributed by atoms with Crippen molar-refractivity contribution in [2.45, 2.75) is 71.6 Å². The lowest BCUT2D eigenvalue weighted by molar-refractivity contribution is 0.245. The second-order valence-electron chi connectivity index (χ2n) is 10.3. The normalized spacial score (nSPS) is 25.8. The molecule has 2 nitrogen and oxygen atoms in total. The van der Waals surface area contributed by atoms with Gasteiger partial charge in [-0.05, 0) is 117 Å². The van der Waals surface area contributed by atoms with Crippen molar-refractivity contribution in [1.82, 2.24) is 4.98 Å². The summed E-state index contributed by atoms with van der Waals surface area (Å²) in [6.45, 7) is 6.94. The van der Waals surface area contributed by atoms with Crippen molar-refractivity contribution in [2.24, 2.45) is 17.8 Å². The van der Waals surface area contributed by atoms with Gasteiger partial charge in [-0.25, -0.2) is 0 Å². The maximum absolute atomic E-state index is 9.36. The minimum absolute atomic E-state index is 0.356. The molecule has 1 N–H and O–H groups in total. The van der Waals surface area contributed by atoms with Crippen LogP contribution in [0, 0.1) is 38.5 Å². The van der Waals surface area contributed by atoms with Crippen molar-refractivity contribution in [3.05, 3.63) is 50.4 Å². The first-order valence-electron chi connectivity index (χ1n) is 12.2. The number of aliphatic hydroxyl groups excluding tert-OH is 1. The van der Waals surface area contributed by atoms with Gasteiger partial charge in [0, 0.05) is 27.7 Å². The predicted molar refractivity (Wildman–Crippen MR) is 140 cm³/mol. The molecule has 2 aliphatic rings. The van der Waals surface area contributed by atoms with E-state index >= 15 is 0 Å². The van der Waals surface area contributed by atoms with Gasteiger partial charge in [-0.15, -0.1) is 11.3 Å². The van der Waals surface area contributed by atoms with E-state index in [1.807, 2.05) is 11.3 Å². The topological polar surface area (TPSA) is 33.1 Å². The Kier molecular flexibility index (Phi) is 6.48. The second kappa shape index (κ2) is 9.19. The number of aromatic nitrogens is 1. The van der Waals surface area contributed by atoms with Gasteiger partial charge in [-0.1, -0.05) is 28.8 Å². The molecular formula is C28H34BrNOS. The van der Waals surface area contributed by atoms with Crippen molar-refractivity contribution in [2.75, 3.05) is 6.61 Å². The van der Waals surface area contributed by atoms with Crippen LogP contribution in [-0.4, -0.2) is 16.7 Å². The summed E-state index contributed by atoms with van der Waals surface area (Å²) in [5, 5.41) is 11.7. The third kappa shape index (κ3) is 4.19. The lowest BCUT2D eigenvalue weighted by atomic mass is 9.90. The quantitative estimate of drug-likeness (QED) is 0.381. The van der Waals surface area contributed by atoms with E-state index in [0.29, 0.717) is 12.5 Å². The van der Waals surface area contributed by atoms with Crippen LogP contribution in [0.25, 0.3) is 21.3 Å². The molecule has 2 atom stereocenters. The zero-order valence-electron chi connectivity index (χ0n) is 19.5. The van der Waals surface area contributed by atoms with Crippen molar-refractivity contribution in [3.8, 4) is 11.1 Å². The molecule has 0 spiro atoms. The van der Waals surface area contributed by atoms with E-state index in [2.05, 4.69) is 60.3 Å². The highest BCUT2D eigenvalue weighted by Crippen LogP contribution is 2.51. The van der Waals surface area contributed by atoms with Crippen LogP contribution in [0.2, 0.25) is 0 Å². The van der Waals surface area contributed by atoms with Gasteiger partial charge < -0.3 is 5.11 Å². The van der Waals surface area contributed by atoms with Crippen LogP contribution in [0.5, 0.6) is 0 Å². The average Bonchev–Trinajstić information content (AvgIpc) is 3.28. The van der Waals surface area contributed by atoms with Crippen LogP contribution in [0.1, 0.15) is 73.2 Å². The van der Waals surface area contributed by atoms with Gasteiger partial charge in [0.05, 0.1) is 10.2 Å². The molecular weight excluding hydrogens is 478 g/mol. The Morgan fingerprint density at radius 3 is 2.28 bits per heavy atom. The molecule has 5 rings (SSSR count). The second-order valence-corrected chi connectivity index (χ2v) is 12.1. The van der Waals surface area contributed by atoms with Gasteiger partial charge in [-0.2, -0.15) is 0 Å². The van der Waals surface area contributed by atoms with Crippen LogP contribution in [0.4, 0.5) is 0 Å². The van der Waals surface area contributed by atoms with E-state index in [-0.39, 0.29) is 0 Å². The molecule has 32 heavy (non-hydrogen) atoms. The number of benzene rings is 1. The van der Waals surface area contributed by atoms with Gasteiger partial charge in [-0.3, -0.25) is 4.98 Å². The molecule has 0 amide bonds. The lowest BCUT2D eigenvalue weighted by Gasteiger charge is -2.16. The summed E-state index contributed by atoms with van der Waals surface area (Å²) in [7, 11) is 0. The zero-order valence-corrected chi connectivity index (χ0v) is 21.9. The maximum atomic E-state index is 9.36. The van der Waals surface area contributed by atoms with E-state index in [0.717, 1.165) is 34.3 Å². The molecule has 2 aliphatic carbocycles. The Hall–Kier alpha value is -1.23. The summed E-state index contributed by atoms with van der Waals surface area (Å²) < 4.78 is 2.55. The largest absolute Gasteiger partial charge is 0.396 e. The number of aliphatic hydroxyl groups is 1. The molecule has 0 bridgehead atoms. The fraction of sp³-hybridized carbons (Fsp3) is 0.536. The van der Waals surface area contributed by atoms with Crippen molar-refractivity contribution < 1.29 is 5.11 Å². The number of pyridine rings is 1. The highest BCUT2D eigenvalue weighted by atomic mass is 79.9. The summed E-state index contributed by atoms with van der Waals surface area (Å²) in [5.74, 6) is 3.14. The van der Waals surface area contributed by atoms with Crippen molar-refractivity contribution in [3.63, 3.8) is 0 Å². The van der Waals surface area contributed by atoms with Gasteiger partial charge in [0.2, 0.25) is 0 Å². The first-order valence-corrected chi connectivity index (χ1v) is 13.9. The van der Waals surface area contributed by atoms with Crippen LogP contribution >= 0.6 is 27.3 Å². The Morgan fingerprint density at radius 2 is 1.66 bits per heavy atom. The molecule has 0 aliphatic heterocycles. The zero-order chi connectivity index (χ0) is 22.4. The Morgan fingerprint density at radius 1 is 1.00 bits per heavy atom. The van der Waals surface area contributed by atoms with Gasteiger partial charge in [0.1, 0.15) is 0 Å². The smallest absolute Gasteiger partial charge is 0.0894 e. The number of hydrogen-bond donors (Lipinski definition) is 1. The summed E-state index contributed by atoms with van der Waals surface area (Å²) in [6.07, 6.45) is 8.99. The third-order valence-corrected chi connectivity index (χ3v) is 9.63. The van der Waals surface area contributed by atoms with Crippen LogP contribution in [-0.2, 0) is 0 Å². The van der Waals surface area contributed by atoms with Crippen LogP contribution in [0.3, 0.4) is 0 Å². The molecule has 0 radical (unpaired) electrons. The summed E-state index contributed by atoms with van der Waals surface area (Å²) in [4.78, 5) is 5.06. The number of nitrogens with zero attached hydrogens (tertiary/aromatic N) is 1. The third-order valence-electron chi connectivity index (χ3n) is 8.16. The first kappa shape index (κ1) is 22.6. The highest BCUT2D eigenvalue weighted by molar-refractivity contribution is 9.10. The summed E-state index contributed by atoms with van der Waals surface area (Å²) in [5.41, 5.74) is 9.16. The molecule has 2 unspecified atom stereocenters. The average molecular weight is 513 g/mol. The van der Waals surface area contributed by atoms with E-state index in [1.54, 1.807) is 5.56 Å². The fourth-order valence-electron chi connectivity index (χ4n) is 6.67. The molecule has 4 heteroatoms. The molecule has 0 saturated heterocycles. The Balaban J connectivity index is 1.48. The van der Waals surface area contributed by atoms with E-state index in [4.69, 9.17) is 4.98 Å². The lowest BCUT2D eigenvalue weighted by Crippen LogP contribution is -2.04. The number of hydrogen-bond acceptors (Lipinski definition) is 3. The van der Waals surface area contributed by atoms with E-state index < -0.39 is 0 Å². The summed E-state index contributed by atoms with van der Waals surface area (Å²) >= 11 is 5.55. The number of thiophene rings is 1. The molecule has 2 fully saturated rings. The van der Waals surface area contributed by atoms with Gasteiger partial charge >= 0.3 is 0 Å². The number of fused-ring (bicyclic) bond motifs is 2. The van der Waals surface area contributed by atoms with Gasteiger partial charge in [0.25, 0.3) is 0 Å². The number of aryl methyl sites for hydroxylation is 3. The highest BCUT2D eigenvalue weighted by Gasteiger charge is 2.37. The molecule has 2 heterocycles. The molecule has 1 aromatic carbocycles. The SMILES string of the molecule is Cc1cc(C2CC3CCC(CCO)CCC3C2)c2scc(-c3c(C)cc(Br)cc3C)c2n1. The molecule has 2 saturated carbocycles. The standard InChI is InChI=1S/C28H34BrNOS/c1-16-10-23(29)11-17(2)26(16)25-15-32-28-24(12-18(3)30-27(25)28)22-13-20-6-4-19(8-9-31)5-7-21(20)14-22/h10-12,15,19-22,31H,4-9,13-14H2,1-3H3. The van der Waals surface area contributed by atoms with Crippen LogP contribution < -0.4 is 0 Å². The van der Waals surface area contributed by atoms with E-state index in [1.165, 1.54) is 71.0 Å². The van der Waals surface area contributed by atoms with Crippen LogP contribution in [0.15, 0.2) is 28.1 Å². The molecule has 2 aromatic heterocycles. The number of halogens is 1. The van der Waals surface area contributed by atoms with Gasteiger partial charge in [0.15, 0.2) is 0 Å². The monoisotopic (exact) mass is 511 g/mol. The summed E-state index contributed by atoms with van der Waals surface area (Å²) in [6, 6.07) is 6.82. The molecule has 170 valence electrons. The molecule has 3 aromatic rings. The Bertz CT molecular complexity index is 1100. The fourth-order valence-corrected chi connectivity index (χ4v) is 8.45. The Labute approximate surface area is 204 Å². The van der Waals surface area contributed by atoms with Crippen molar-refractivity contribution in [1.29, 1.82) is 0 Å². The minimum Gasteiger partial charge on any atom is -0.396 e.